The molecule has 0 spiro atoms. The first-order valence-electron chi connectivity index (χ1n) is 7.19. The Morgan fingerprint density at radius 1 is 1.32 bits per heavy atom. The fraction of sp³-hybridized carbons (Fsp3) is 0.562. The molecule has 1 aliphatic carbocycles. The second kappa shape index (κ2) is 6.38. The second-order valence-electron chi connectivity index (χ2n) is 5.77. The molecule has 0 saturated heterocycles. The Bertz CT molecular complexity index is 450. The van der Waals surface area contributed by atoms with Crippen molar-refractivity contribution in [3.8, 4) is 0 Å². The lowest BCUT2D eigenvalue weighted by atomic mass is 9.89. The van der Waals surface area contributed by atoms with E-state index in [1.807, 2.05) is 0 Å². The predicted octanol–water partition coefficient (Wildman–Crippen LogP) is 3.65. The molecule has 0 bridgehead atoms. The molecule has 104 valence electrons. The van der Waals surface area contributed by atoms with E-state index >= 15 is 0 Å². The number of benzene rings is 1. The Morgan fingerprint density at radius 2 is 2.00 bits per heavy atom. The summed E-state index contributed by atoms with van der Waals surface area (Å²) in [5.41, 5.74) is 9.24. The number of rotatable bonds is 4. The van der Waals surface area contributed by atoms with Gasteiger partial charge in [-0.05, 0) is 37.8 Å². The molecule has 0 unspecified atom stereocenters. The van der Waals surface area contributed by atoms with Crippen molar-refractivity contribution in [1.29, 1.82) is 0 Å². The van der Waals surface area contributed by atoms with Crippen LogP contribution in [-0.4, -0.2) is 18.6 Å². The third-order valence-electron chi connectivity index (χ3n) is 4.09. The van der Waals surface area contributed by atoms with Gasteiger partial charge in [0.1, 0.15) is 4.99 Å². The lowest BCUT2D eigenvalue weighted by molar-refractivity contribution is 0.362. The minimum Gasteiger partial charge on any atom is -0.389 e. The summed E-state index contributed by atoms with van der Waals surface area (Å²) in [6.07, 6.45) is 6.89. The molecule has 2 nitrogen and oxygen atoms in total. The largest absolute Gasteiger partial charge is 0.389 e. The Balaban J connectivity index is 2.13. The second-order valence-corrected chi connectivity index (χ2v) is 6.21. The highest BCUT2D eigenvalue weighted by Gasteiger charge is 2.17. The molecule has 1 aromatic rings. The Labute approximate surface area is 122 Å². The molecule has 0 heterocycles. The normalized spacial score (nSPS) is 16.3. The monoisotopic (exact) mass is 276 g/mol. The van der Waals surface area contributed by atoms with Crippen molar-refractivity contribution in [3.63, 3.8) is 0 Å². The average molecular weight is 276 g/mol. The fourth-order valence-corrected chi connectivity index (χ4v) is 3.20. The van der Waals surface area contributed by atoms with E-state index in [4.69, 9.17) is 18.0 Å². The number of hydrogen-bond donors (Lipinski definition) is 1. The zero-order valence-electron chi connectivity index (χ0n) is 12.0. The predicted molar refractivity (Wildman–Crippen MR) is 86.9 cm³/mol. The summed E-state index contributed by atoms with van der Waals surface area (Å²) in [6, 6.07) is 6.37. The van der Waals surface area contributed by atoms with Gasteiger partial charge < -0.3 is 10.6 Å². The Morgan fingerprint density at radius 3 is 2.63 bits per heavy atom. The van der Waals surface area contributed by atoms with Gasteiger partial charge in [0.05, 0.1) is 0 Å². The van der Waals surface area contributed by atoms with Crippen LogP contribution in [0, 0.1) is 12.8 Å². The van der Waals surface area contributed by atoms with Crippen molar-refractivity contribution in [3.05, 3.63) is 29.3 Å². The molecule has 1 aromatic carbocycles. The van der Waals surface area contributed by atoms with Crippen LogP contribution in [0.3, 0.4) is 0 Å². The zero-order chi connectivity index (χ0) is 13.8. The van der Waals surface area contributed by atoms with E-state index in [0.29, 0.717) is 4.99 Å². The van der Waals surface area contributed by atoms with Crippen LogP contribution >= 0.6 is 12.2 Å². The topological polar surface area (TPSA) is 29.3 Å². The summed E-state index contributed by atoms with van der Waals surface area (Å²) in [6.45, 7) is 3.19. The van der Waals surface area contributed by atoms with Crippen molar-refractivity contribution in [2.45, 2.75) is 39.0 Å². The molecule has 0 amide bonds. The SMILES string of the molecule is Cc1ccc(N(C)CC2CCCCC2)c(C(N)=S)c1. The van der Waals surface area contributed by atoms with E-state index in [1.165, 1.54) is 43.4 Å². The summed E-state index contributed by atoms with van der Waals surface area (Å²) < 4.78 is 0. The molecule has 0 atom stereocenters. The highest BCUT2D eigenvalue weighted by molar-refractivity contribution is 7.80. The minimum atomic E-state index is 0.495. The molecule has 1 saturated carbocycles. The van der Waals surface area contributed by atoms with Crippen molar-refractivity contribution < 1.29 is 0 Å². The standard InChI is InChI=1S/C16H24N2S/c1-12-8-9-15(14(10-12)16(17)19)18(2)11-13-6-4-3-5-7-13/h8-10,13H,3-7,11H2,1-2H3,(H2,17,19). The van der Waals surface area contributed by atoms with Crippen LogP contribution in [0.2, 0.25) is 0 Å². The average Bonchev–Trinajstić information content (AvgIpc) is 2.39. The quantitative estimate of drug-likeness (QED) is 0.851. The first-order chi connectivity index (χ1) is 9.08. The molecule has 1 aliphatic rings. The molecule has 2 N–H and O–H groups in total. The number of anilines is 1. The molecular weight excluding hydrogens is 252 g/mol. The van der Waals surface area contributed by atoms with E-state index < -0.39 is 0 Å². The fourth-order valence-electron chi connectivity index (χ4n) is 3.04. The molecule has 19 heavy (non-hydrogen) atoms. The van der Waals surface area contributed by atoms with Gasteiger partial charge in [-0.3, -0.25) is 0 Å². The van der Waals surface area contributed by atoms with E-state index in [1.54, 1.807) is 0 Å². The number of nitrogens with zero attached hydrogens (tertiary/aromatic N) is 1. The van der Waals surface area contributed by atoms with Crippen LogP contribution in [0.5, 0.6) is 0 Å². The molecule has 0 radical (unpaired) electrons. The lowest BCUT2D eigenvalue weighted by Gasteiger charge is -2.29. The number of nitrogens with two attached hydrogens (primary N) is 1. The number of aryl methyl sites for hydroxylation is 1. The van der Waals surface area contributed by atoms with Crippen molar-refractivity contribution in [2.75, 3.05) is 18.5 Å². The van der Waals surface area contributed by atoms with Crippen LogP contribution in [0.25, 0.3) is 0 Å². The van der Waals surface area contributed by atoms with Crippen LogP contribution in [0.1, 0.15) is 43.2 Å². The highest BCUT2D eigenvalue weighted by atomic mass is 32.1. The zero-order valence-corrected chi connectivity index (χ0v) is 12.8. The minimum absolute atomic E-state index is 0.495. The summed E-state index contributed by atoms with van der Waals surface area (Å²) in [5, 5.41) is 0. The van der Waals surface area contributed by atoms with Gasteiger partial charge in [0, 0.05) is 24.8 Å². The lowest BCUT2D eigenvalue weighted by Crippen LogP contribution is -2.28. The van der Waals surface area contributed by atoms with Gasteiger partial charge in [-0.2, -0.15) is 0 Å². The highest BCUT2D eigenvalue weighted by Crippen LogP contribution is 2.27. The maximum absolute atomic E-state index is 5.86. The van der Waals surface area contributed by atoms with E-state index in [9.17, 15) is 0 Å². The van der Waals surface area contributed by atoms with E-state index in [0.717, 1.165) is 18.0 Å². The number of thiocarbonyl (C=S) groups is 1. The van der Waals surface area contributed by atoms with Crippen LogP contribution in [0.15, 0.2) is 18.2 Å². The first kappa shape index (κ1) is 14.3. The molecular formula is C16H24N2S. The van der Waals surface area contributed by atoms with Crippen LogP contribution in [0.4, 0.5) is 5.69 Å². The van der Waals surface area contributed by atoms with Crippen LogP contribution in [-0.2, 0) is 0 Å². The van der Waals surface area contributed by atoms with Gasteiger partial charge >= 0.3 is 0 Å². The maximum atomic E-state index is 5.86. The van der Waals surface area contributed by atoms with Crippen molar-refractivity contribution >= 4 is 22.9 Å². The van der Waals surface area contributed by atoms with Crippen molar-refractivity contribution in [1.82, 2.24) is 0 Å². The molecule has 2 rings (SSSR count). The molecule has 3 heteroatoms. The van der Waals surface area contributed by atoms with Gasteiger partial charge in [-0.15, -0.1) is 0 Å². The third-order valence-corrected chi connectivity index (χ3v) is 4.31. The van der Waals surface area contributed by atoms with Gasteiger partial charge in [0.25, 0.3) is 0 Å². The molecule has 0 aromatic heterocycles. The van der Waals surface area contributed by atoms with Crippen molar-refractivity contribution in [2.24, 2.45) is 11.7 Å². The summed E-state index contributed by atoms with van der Waals surface area (Å²) in [4.78, 5) is 2.82. The Kier molecular flexibility index (Phi) is 4.81. The van der Waals surface area contributed by atoms with Gasteiger partial charge in [-0.1, -0.05) is 43.1 Å². The van der Waals surface area contributed by atoms with Gasteiger partial charge in [0.15, 0.2) is 0 Å². The Hall–Kier alpha value is -1.09. The summed E-state index contributed by atoms with van der Waals surface area (Å²) in [7, 11) is 2.15. The van der Waals surface area contributed by atoms with E-state index in [2.05, 4.69) is 37.1 Å². The molecule has 1 fully saturated rings. The van der Waals surface area contributed by atoms with Crippen LogP contribution < -0.4 is 10.6 Å². The van der Waals surface area contributed by atoms with E-state index in [-0.39, 0.29) is 0 Å². The first-order valence-corrected chi connectivity index (χ1v) is 7.60. The third kappa shape index (κ3) is 3.69. The smallest absolute Gasteiger partial charge is 0.106 e. The molecule has 0 aliphatic heterocycles. The summed E-state index contributed by atoms with van der Waals surface area (Å²) >= 11 is 5.18. The van der Waals surface area contributed by atoms with Gasteiger partial charge in [-0.25, -0.2) is 0 Å². The number of hydrogen-bond acceptors (Lipinski definition) is 2. The maximum Gasteiger partial charge on any atom is 0.106 e. The summed E-state index contributed by atoms with van der Waals surface area (Å²) in [5.74, 6) is 0.819. The van der Waals surface area contributed by atoms with Gasteiger partial charge in [0.2, 0.25) is 0 Å².